The van der Waals surface area contributed by atoms with Crippen LogP contribution in [0.1, 0.15) is 42.6 Å². The molecule has 0 spiro atoms. The minimum absolute atomic E-state index is 0.121. The summed E-state index contributed by atoms with van der Waals surface area (Å²) in [6.07, 6.45) is 2.05. The Morgan fingerprint density at radius 1 is 1.35 bits per heavy atom. The molecule has 0 unspecified atom stereocenters. The SMILES string of the molecule is CCC(CC)N(CCO)Cc1ccc(C(N)=O)cc1N. The molecule has 0 atom stereocenters. The van der Waals surface area contributed by atoms with Gasteiger partial charge in [-0.2, -0.15) is 0 Å². The number of nitrogens with zero attached hydrogens (tertiary/aromatic N) is 1. The van der Waals surface area contributed by atoms with Crippen molar-refractivity contribution in [3.8, 4) is 0 Å². The highest BCUT2D eigenvalue weighted by atomic mass is 16.3. The normalized spacial score (nSPS) is 11.2. The summed E-state index contributed by atoms with van der Waals surface area (Å²) in [6.45, 7) is 5.67. The van der Waals surface area contributed by atoms with Crippen molar-refractivity contribution >= 4 is 11.6 Å². The van der Waals surface area contributed by atoms with Crippen LogP contribution in [0, 0.1) is 0 Å². The summed E-state index contributed by atoms with van der Waals surface area (Å²) < 4.78 is 0. The molecular formula is C15H25N3O2. The van der Waals surface area contributed by atoms with Crippen LogP contribution in [0.5, 0.6) is 0 Å². The molecule has 0 aromatic heterocycles. The molecule has 0 fully saturated rings. The van der Waals surface area contributed by atoms with E-state index >= 15 is 0 Å². The Hall–Kier alpha value is -1.59. The van der Waals surface area contributed by atoms with Crippen molar-refractivity contribution in [3.63, 3.8) is 0 Å². The maximum atomic E-state index is 11.1. The first kappa shape index (κ1) is 16.5. The van der Waals surface area contributed by atoms with Crippen molar-refractivity contribution in [1.29, 1.82) is 0 Å². The fourth-order valence-electron chi connectivity index (χ4n) is 2.44. The number of carbonyl (C=O) groups is 1. The van der Waals surface area contributed by atoms with Crippen LogP contribution in [0.25, 0.3) is 0 Å². The van der Waals surface area contributed by atoms with Crippen molar-refractivity contribution in [1.82, 2.24) is 4.90 Å². The van der Waals surface area contributed by atoms with Crippen LogP contribution < -0.4 is 11.5 Å². The molecule has 1 aromatic carbocycles. The standard InChI is InChI=1S/C15H25N3O2/c1-3-13(4-2)18(7-8-19)10-12-6-5-11(15(17)20)9-14(12)16/h5-6,9,13,19H,3-4,7-8,10,16H2,1-2H3,(H2,17,20). The van der Waals surface area contributed by atoms with E-state index in [0.29, 0.717) is 30.4 Å². The second kappa shape index (κ2) is 7.87. The molecule has 5 N–H and O–H groups in total. The second-order valence-electron chi connectivity index (χ2n) is 4.94. The van der Waals surface area contributed by atoms with Gasteiger partial charge in [0.15, 0.2) is 0 Å². The van der Waals surface area contributed by atoms with E-state index in [-0.39, 0.29) is 6.61 Å². The molecule has 1 amide bonds. The van der Waals surface area contributed by atoms with Crippen LogP contribution in [0.4, 0.5) is 5.69 Å². The molecule has 0 heterocycles. The highest BCUT2D eigenvalue weighted by Gasteiger charge is 2.16. The van der Waals surface area contributed by atoms with E-state index in [1.807, 2.05) is 6.07 Å². The van der Waals surface area contributed by atoms with E-state index in [9.17, 15) is 9.90 Å². The molecule has 0 saturated carbocycles. The lowest BCUT2D eigenvalue weighted by Gasteiger charge is -2.30. The minimum atomic E-state index is -0.476. The predicted molar refractivity (Wildman–Crippen MR) is 81.2 cm³/mol. The van der Waals surface area contributed by atoms with Gasteiger partial charge in [-0.3, -0.25) is 9.69 Å². The van der Waals surface area contributed by atoms with Crippen molar-refractivity contribution in [2.75, 3.05) is 18.9 Å². The molecule has 20 heavy (non-hydrogen) atoms. The monoisotopic (exact) mass is 279 g/mol. The highest BCUT2D eigenvalue weighted by molar-refractivity contribution is 5.93. The summed E-state index contributed by atoms with van der Waals surface area (Å²) >= 11 is 0. The number of amides is 1. The second-order valence-corrected chi connectivity index (χ2v) is 4.94. The van der Waals surface area contributed by atoms with Crippen LogP contribution in [0.15, 0.2) is 18.2 Å². The number of carbonyl (C=O) groups excluding carboxylic acids is 1. The Balaban J connectivity index is 2.90. The van der Waals surface area contributed by atoms with Gasteiger partial charge in [0.25, 0.3) is 0 Å². The van der Waals surface area contributed by atoms with Crippen LogP contribution in [0.3, 0.4) is 0 Å². The first-order chi connectivity index (χ1) is 9.53. The van der Waals surface area contributed by atoms with E-state index in [4.69, 9.17) is 11.5 Å². The number of nitrogens with two attached hydrogens (primary N) is 2. The number of primary amides is 1. The summed E-state index contributed by atoms with van der Waals surface area (Å²) in [5, 5.41) is 9.21. The number of nitrogen functional groups attached to an aromatic ring is 1. The van der Waals surface area contributed by atoms with E-state index < -0.39 is 5.91 Å². The number of rotatable bonds is 8. The average molecular weight is 279 g/mol. The number of hydrogen-bond acceptors (Lipinski definition) is 4. The van der Waals surface area contributed by atoms with Gasteiger partial charge in [0, 0.05) is 30.4 Å². The maximum Gasteiger partial charge on any atom is 0.248 e. The summed E-state index contributed by atoms with van der Waals surface area (Å²) in [5.41, 5.74) is 13.2. The Morgan fingerprint density at radius 3 is 2.45 bits per heavy atom. The van der Waals surface area contributed by atoms with Gasteiger partial charge in [-0.1, -0.05) is 19.9 Å². The first-order valence-corrected chi connectivity index (χ1v) is 7.06. The van der Waals surface area contributed by atoms with Crippen molar-refractivity contribution in [2.24, 2.45) is 5.73 Å². The third kappa shape index (κ3) is 4.21. The van der Waals surface area contributed by atoms with E-state index in [1.165, 1.54) is 0 Å². The van der Waals surface area contributed by atoms with Gasteiger partial charge >= 0.3 is 0 Å². The highest BCUT2D eigenvalue weighted by Crippen LogP contribution is 2.19. The Bertz CT molecular complexity index is 445. The minimum Gasteiger partial charge on any atom is -0.398 e. The Kier molecular flexibility index (Phi) is 6.48. The van der Waals surface area contributed by atoms with Crippen LogP contribution in [0.2, 0.25) is 0 Å². The number of hydrogen-bond donors (Lipinski definition) is 3. The van der Waals surface area contributed by atoms with Gasteiger partial charge in [-0.25, -0.2) is 0 Å². The largest absolute Gasteiger partial charge is 0.398 e. The summed E-state index contributed by atoms with van der Waals surface area (Å²) in [6, 6.07) is 5.56. The molecule has 0 saturated heterocycles. The smallest absolute Gasteiger partial charge is 0.248 e. The molecule has 112 valence electrons. The van der Waals surface area contributed by atoms with Gasteiger partial charge in [-0.05, 0) is 30.5 Å². The predicted octanol–water partition coefficient (Wildman–Crippen LogP) is 1.35. The molecular weight excluding hydrogens is 254 g/mol. The zero-order valence-electron chi connectivity index (χ0n) is 12.3. The molecule has 0 aliphatic rings. The third-order valence-electron chi connectivity index (χ3n) is 3.65. The summed E-state index contributed by atoms with van der Waals surface area (Å²) in [7, 11) is 0. The average Bonchev–Trinajstić information content (AvgIpc) is 2.42. The molecule has 5 heteroatoms. The molecule has 0 aliphatic heterocycles. The summed E-state index contributed by atoms with van der Waals surface area (Å²) in [5.74, 6) is -0.476. The lowest BCUT2D eigenvalue weighted by atomic mass is 10.1. The van der Waals surface area contributed by atoms with Gasteiger partial charge < -0.3 is 16.6 Å². The zero-order valence-corrected chi connectivity index (χ0v) is 12.3. The van der Waals surface area contributed by atoms with E-state index in [2.05, 4.69) is 18.7 Å². The molecule has 1 aromatic rings. The molecule has 5 nitrogen and oxygen atoms in total. The molecule has 1 rings (SSSR count). The Labute approximate surface area is 120 Å². The van der Waals surface area contributed by atoms with Crippen LogP contribution >= 0.6 is 0 Å². The molecule has 0 bridgehead atoms. The summed E-state index contributed by atoms with van der Waals surface area (Å²) in [4.78, 5) is 13.3. The fraction of sp³-hybridized carbons (Fsp3) is 0.533. The van der Waals surface area contributed by atoms with Crippen LogP contribution in [-0.2, 0) is 6.54 Å². The van der Waals surface area contributed by atoms with Crippen molar-refractivity contribution < 1.29 is 9.90 Å². The molecule has 0 radical (unpaired) electrons. The molecule has 0 aliphatic carbocycles. The van der Waals surface area contributed by atoms with Gasteiger partial charge in [0.1, 0.15) is 0 Å². The van der Waals surface area contributed by atoms with E-state index in [1.54, 1.807) is 12.1 Å². The van der Waals surface area contributed by atoms with Crippen molar-refractivity contribution in [2.45, 2.75) is 39.3 Å². The van der Waals surface area contributed by atoms with Gasteiger partial charge in [-0.15, -0.1) is 0 Å². The lowest BCUT2D eigenvalue weighted by molar-refractivity contribution is 0.100. The van der Waals surface area contributed by atoms with E-state index in [0.717, 1.165) is 18.4 Å². The zero-order chi connectivity index (χ0) is 15.1. The number of anilines is 1. The quantitative estimate of drug-likeness (QED) is 0.626. The van der Waals surface area contributed by atoms with Crippen LogP contribution in [-0.4, -0.2) is 35.1 Å². The van der Waals surface area contributed by atoms with Gasteiger partial charge in [0.2, 0.25) is 5.91 Å². The van der Waals surface area contributed by atoms with Crippen molar-refractivity contribution in [3.05, 3.63) is 29.3 Å². The topological polar surface area (TPSA) is 92.6 Å². The lowest BCUT2D eigenvalue weighted by Crippen LogP contribution is -2.36. The Morgan fingerprint density at radius 2 is 2.00 bits per heavy atom. The first-order valence-electron chi connectivity index (χ1n) is 7.06. The fourth-order valence-corrected chi connectivity index (χ4v) is 2.44. The maximum absolute atomic E-state index is 11.1. The third-order valence-corrected chi connectivity index (χ3v) is 3.65. The van der Waals surface area contributed by atoms with Gasteiger partial charge in [0.05, 0.1) is 6.61 Å². The number of aliphatic hydroxyl groups is 1. The number of aliphatic hydroxyl groups excluding tert-OH is 1. The number of benzene rings is 1.